The van der Waals surface area contributed by atoms with Crippen molar-refractivity contribution in [2.45, 2.75) is 19.4 Å². The number of rotatable bonds is 6. The van der Waals surface area contributed by atoms with E-state index in [2.05, 4.69) is 5.32 Å². The SMILES string of the molecule is O=C(Nc1ccccc1)[C@H]1CCCN(C(=O)c2ccccc2OCc2ccc(F)cc2)C1. The second kappa shape index (κ2) is 10.1. The Kier molecular flexibility index (Phi) is 6.80. The number of carbonyl (C=O) groups excluding carboxylic acids is 2. The highest BCUT2D eigenvalue weighted by molar-refractivity contribution is 5.98. The van der Waals surface area contributed by atoms with Gasteiger partial charge in [-0.05, 0) is 54.8 Å². The van der Waals surface area contributed by atoms with Crippen LogP contribution in [0.2, 0.25) is 0 Å². The fraction of sp³-hybridized carbons (Fsp3) is 0.231. The Morgan fingerprint density at radius 3 is 2.47 bits per heavy atom. The molecule has 3 aromatic rings. The number of hydrogen-bond donors (Lipinski definition) is 1. The number of amides is 2. The van der Waals surface area contributed by atoms with E-state index in [0.29, 0.717) is 24.4 Å². The number of likely N-dealkylation sites (tertiary alicyclic amines) is 1. The molecule has 0 saturated carbocycles. The Bertz CT molecular complexity index is 1070. The van der Waals surface area contributed by atoms with Crippen LogP contribution >= 0.6 is 0 Å². The summed E-state index contributed by atoms with van der Waals surface area (Å²) in [5.41, 5.74) is 2.02. The van der Waals surface area contributed by atoms with Gasteiger partial charge in [-0.1, -0.05) is 42.5 Å². The van der Waals surface area contributed by atoms with Gasteiger partial charge in [0.25, 0.3) is 5.91 Å². The average molecular weight is 432 g/mol. The number of anilines is 1. The van der Waals surface area contributed by atoms with Crippen LogP contribution in [0.5, 0.6) is 5.75 Å². The smallest absolute Gasteiger partial charge is 0.257 e. The molecule has 1 fully saturated rings. The molecule has 0 unspecified atom stereocenters. The molecule has 164 valence electrons. The summed E-state index contributed by atoms with van der Waals surface area (Å²) in [5.74, 6) is -0.329. The van der Waals surface area contributed by atoms with E-state index in [9.17, 15) is 14.0 Å². The van der Waals surface area contributed by atoms with Crippen molar-refractivity contribution in [3.8, 4) is 5.75 Å². The van der Waals surface area contributed by atoms with Crippen LogP contribution < -0.4 is 10.1 Å². The number of ether oxygens (including phenoxy) is 1. The summed E-state index contributed by atoms with van der Waals surface area (Å²) < 4.78 is 19.0. The van der Waals surface area contributed by atoms with Crippen molar-refractivity contribution in [2.24, 2.45) is 5.92 Å². The van der Waals surface area contributed by atoms with Crippen molar-refractivity contribution < 1.29 is 18.7 Å². The van der Waals surface area contributed by atoms with Gasteiger partial charge in [0.15, 0.2) is 0 Å². The van der Waals surface area contributed by atoms with Crippen LogP contribution in [0.15, 0.2) is 78.9 Å². The summed E-state index contributed by atoms with van der Waals surface area (Å²) in [6.45, 7) is 1.19. The van der Waals surface area contributed by atoms with Gasteiger partial charge in [-0.15, -0.1) is 0 Å². The van der Waals surface area contributed by atoms with Crippen molar-refractivity contribution in [1.82, 2.24) is 4.90 Å². The Morgan fingerprint density at radius 2 is 1.69 bits per heavy atom. The second-order valence-electron chi connectivity index (χ2n) is 7.86. The highest BCUT2D eigenvalue weighted by Gasteiger charge is 2.30. The normalized spacial score (nSPS) is 15.8. The van der Waals surface area contributed by atoms with Crippen molar-refractivity contribution in [3.05, 3.63) is 95.8 Å². The van der Waals surface area contributed by atoms with Crippen LogP contribution in [0.1, 0.15) is 28.8 Å². The maximum atomic E-state index is 13.3. The predicted octanol–water partition coefficient (Wildman–Crippen LogP) is 4.90. The van der Waals surface area contributed by atoms with E-state index in [1.807, 2.05) is 36.4 Å². The van der Waals surface area contributed by atoms with Gasteiger partial charge in [0, 0.05) is 18.8 Å². The fourth-order valence-corrected chi connectivity index (χ4v) is 3.82. The molecule has 0 spiro atoms. The van der Waals surface area contributed by atoms with E-state index in [1.165, 1.54) is 12.1 Å². The number of nitrogens with zero attached hydrogens (tertiary/aromatic N) is 1. The average Bonchev–Trinajstić information content (AvgIpc) is 2.84. The number of para-hydroxylation sites is 2. The second-order valence-corrected chi connectivity index (χ2v) is 7.86. The zero-order chi connectivity index (χ0) is 22.3. The number of nitrogens with one attached hydrogen (secondary N) is 1. The zero-order valence-corrected chi connectivity index (χ0v) is 17.7. The zero-order valence-electron chi connectivity index (χ0n) is 17.7. The van der Waals surface area contributed by atoms with E-state index < -0.39 is 0 Å². The Balaban J connectivity index is 1.42. The summed E-state index contributed by atoms with van der Waals surface area (Å²) in [5, 5.41) is 2.94. The molecule has 1 N–H and O–H groups in total. The van der Waals surface area contributed by atoms with E-state index in [4.69, 9.17) is 4.74 Å². The third kappa shape index (κ3) is 5.32. The fourth-order valence-electron chi connectivity index (χ4n) is 3.82. The molecule has 4 rings (SSSR count). The van der Waals surface area contributed by atoms with Gasteiger partial charge < -0.3 is 15.0 Å². The number of piperidine rings is 1. The highest BCUT2D eigenvalue weighted by Crippen LogP contribution is 2.25. The van der Waals surface area contributed by atoms with Gasteiger partial charge in [-0.3, -0.25) is 9.59 Å². The quantitative estimate of drug-likeness (QED) is 0.603. The van der Waals surface area contributed by atoms with Crippen molar-refractivity contribution in [2.75, 3.05) is 18.4 Å². The molecule has 6 heteroatoms. The summed E-state index contributed by atoms with van der Waals surface area (Å²) in [6.07, 6.45) is 1.50. The first-order valence-electron chi connectivity index (χ1n) is 10.7. The minimum Gasteiger partial charge on any atom is -0.488 e. The monoisotopic (exact) mass is 432 g/mol. The standard InChI is InChI=1S/C26H25FN2O3/c27-21-14-12-19(13-15-21)18-32-24-11-5-4-10-23(24)26(31)29-16-6-7-20(17-29)25(30)28-22-8-2-1-3-9-22/h1-5,8-15,20H,6-7,16-18H2,(H,28,30)/t20-/m0/s1. The first kappa shape index (κ1) is 21.6. The molecular formula is C26H25FN2O3. The predicted molar refractivity (Wildman–Crippen MR) is 121 cm³/mol. The molecule has 1 atom stereocenters. The lowest BCUT2D eigenvalue weighted by molar-refractivity contribution is -0.121. The molecule has 3 aromatic carbocycles. The largest absolute Gasteiger partial charge is 0.488 e. The molecule has 1 aliphatic heterocycles. The molecule has 5 nitrogen and oxygen atoms in total. The summed E-state index contributed by atoms with van der Waals surface area (Å²) in [4.78, 5) is 27.7. The number of halogens is 1. The van der Waals surface area contributed by atoms with Crippen LogP contribution in [0, 0.1) is 11.7 Å². The Hall–Kier alpha value is -3.67. The van der Waals surface area contributed by atoms with Crippen LogP contribution in [0.25, 0.3) is 0 Å². The lowest BCUT2D eigenvalue weighted by Crippen LogP contribution is -2.43. The molecule has 1 heterocycles. The minimum atomic E-state index is -0.305. The van der Waals surface area contributed by atoms with Gasteiger partial charge in [0.05, 0.1) is 11.5 Å². The van der Waals surface area contributed by atoms with E-state index in [0.717, 1.165) is 24.1 Å². The van der Waals surface area contributed by atoms with Crippen molar-refractivity contribution in [1.29, 1.82) is 0 Å². The Labute approximate surface area is 186 Å². The Morgan fingerprint density at radius 1 is 0.969 bits per heavy atom. The summed E-state index contributed by atoms with van der Waals surface area (Å²) >= 11 is 0. The maximum Gasteiger partial charge on any atom is 0.257 e. The maximum absolute atomic E-state index is 13.3. The third-order valence-corrected chi connectivity index (χ3v) is 5.55. The van der Waals surface area contributed by atoms with Crippen LogP contribution in [-0.4, -0.2) is 29.8 Å². The van der Waals surface area contributed by atoms with Gasteiger partial charge in [-0.2, -0.15) is 0 Å². The van der Waals surface area contributed by atoms with Crippen LogP contribution in [0.3, 0.4) is 0 Å². The van der Waals surface area contributed by atoms with Crippen molar-refractivity contribution >= 4 is 17.5 Å². The minimum absolute atomic E-state index is 0.0745. The van der Waals surface area contributed by atoms with E-state index >= 15 is 0 Å². The van der Waals surface area contributed by atoms with Gasteiger partial charge in [0.1, 0.15) is 18.2 Å². The molecule has 0 bridgehead atoms. The topological polar surface area (TPSA) is 58.6 Å². The third-order valence-electron chi connectivity index (χ3n) is 5.55. The molecule has 1 aliphatic rings. The first-order valence-corrected chi connectivity index (χ1v) is 10.7. The molecule has 1 saturated heterocycles. The molecule has 0 aromatic heterocycles. The number of hydrogen-bond acceptors (Lipinski definition) is 3. The summed E-state index contributed by atoms with van der Waals surface area (Å²) in [7, 11) is 0. The van der Waals surface area contributed by atoms with Gasteiger partial charge in [0.2, 0.25) is 5.91 Å². The van der Waals surface area contributed by atoms with Crippen LogP contribution in [-0.2, 0) is 11.4 Å². The van der Waals surface area contributed by atoms with E-state index in [1.54, 1.807) is 35.2 Å². The number of carbonyl (C=O) groups is 2. The first-order chi connectivity index (χ1) is 15.6. The highest BCUT2D eigenvalue weighted by atomic mass is 19.1. The lowest BCUT2D eigenvalue weighted by Gasteiger charge is -2.32. The molecule has 32 heavy (non-hydrogen) atoms. The molecule has 2 amide bonds. The van der Waals surface area contributed by atoms with Crippen LogP contribution in [0.4, 0.5) is 10.1 Å². The van der Waals surface area contributed by atoms with E-state index in [-0.39, 0.29) is 30.2 Å². The molecule has 0 aliphatic carbocycles. The molecule has 0 radical (unpaired) electrons. The lowest BCUT2D eigenvalue weighted by atomic mass is 9.96. The molecular weight excluding hydrogens is 407 g/mol. The number of benzene rings is 3. The van der Waals surface area contributed by atoms with Crippen molar-refractivity contribution in [3.63, 3.8) is 0 Å². The summed E-state index contributed by atoms with van der Waals surface area (Å²) in [6, 6.07) is 22.5. The van der Waals surface area contributed by atoms with Gasteiger partial charge in [-0.25, -0.2) is 4.39 Å². The van der Waals surface area contributed by atoms with Gasteiger partial charge >= 0.3 is 0 Å².